The molecule has 1 aliphatic rings. The van der Waals surface area contributed by atoms with E-state index in [4.69, 9.17) is 20.9 Å². The fraction of sp³-hybridized carbons (Fsp3) is 1.00. The molecule has 0 aromatic rings. The van der Waals surface area contributed by atoms with Crippen LogP contribution in [0.3, 0.4) is 0 Å². The second-order valence-electron chi connectivity index (χ2n) is 2.94. The topological polar surface area (TPSA) is 52.6 Å². The molecule has 1 atom stereocenters. The molecule has 0 aromatic carbocycles. The number of sulfone groups is 1. The molecule has 1 fully saturated rings. The van der Waals surface area contributed by atoms with E-state index in [1.165, 1.54) is 25.6 Å². The van der Waals surface area contributed by atoms with Gasteiger partial charge in [0.15, 0.2) is 9.84 Å². The highest BCUT2D eigenvalue weighted by molar-refractivity contribution is 8.68. The zero-order valence-corrected chi connectivity index (χ0v) is 11.3. The van der Waals surface area contributed by atoms with Crippen molar-refractivity contribution in [2.24, 2.45) is 0 Å². The van der Waals surface area contributed by atoms with E-state index in [1.807, 2.05) is 0 Å². The smallest absolute Gasteiger partial charge is 0.247 e. The quantitative estimate of drug-likeness (QED) is 0.724. The van der Waals surface area contributed by atoms with Crippen molar-refractivity contribution < 1.29 is 17.5 Å². The van der Waals surface area contributed by atoms with Gasteiger partial charge >= 0.3 is 0 Å². The Morgan fingerprint density at radius 2 is 2.00 bits per heavy atom. The van der Waals surface area contributed by atoms with E-state index in [0.29, 0.717) is 6.42 Å². The predicted molar refractivity (Wildman–Crippen MR) is 63.0 cm³/mol. The van der Waals surface area contributed by atoms with Crippen molar-refractivity contribution in [1.29, 1.82) is 0 Å². The molecule has 0 radical (unpaired) electrons. The summed E-state index contributed by atoms with van der Waals surface area (Å²) in [7, 11) is 0.157. The Bertz CT molecular complexity index is 331. The van der Waals surface area contributed by atoms with Gasteiger partial charge in [0, 0.05) is 19.5 Å². The molecule has 1 rings (SSSR count). The minimum Gasteiger partial charge on any atom is -0.325 e. The van der Waals surface area contributed by atoms with E-state index < -0.39 is 15.5 Å². The van der Waals surface area contributed by atoms with Gasteiger partial charge in [-0.05, 0) is 18.2 Å². The van der Waals surface area contributed by atoms with Gasteiger partial charge in [-0.2, -0.15) is 0 Å². The van der Waals surface area contributed by atoms with Crippen LogP contribution in [0.2, 0.25) is 0 Å². The van der Waals surface area contributed by atoms with E-state index in [2.05, 4.69) is 0 Å². The summed E-state index contributed by atoms with van der Waals surface area (Å²) in [6, 6.07) is 0. The Hall–Kier alpha value is 0.870. The van der Waals surface area contributed by atoms with Crippen molar-refractivity contribution in [2.75, 3.05) is 25.7 Å². The maximum absolute atomic E-state index is 11.2. The molecule has 0 saturated carbocycles. The molecular formula is C6H13O4PS3. The Morgan fingerprint density at radius 1 is 1.43 bits per heavy atom. The minimum absolute atomic E-state index is 0.0331. The van der Waals surface area contributed by atoms with Crippen molar-refractivity contribution in [3.05, 3.63) is 0 Å². The molecule has 4 nitrogen and oxygen atoms in total. The maximum atomic E-state index is 11.2. The predicted octanol–water partition coefficient (Wildman–Crippen LogP) is 1.42. The van der Waals surface area contributed by atoms with Gasteiger partial charge < -0.3 is 9.05 Å². The van der Waals surface area contributed by atoms with Crippen LogP contribution in [0, 0.1) is 0 Å². The summed E-state index contributed by atoms with van der Waals surface area (Å²) in [6.45, 7) is 0. The first-order chi connectivity index (χ1) is 6.41. The normalized spacial score (nSPS) is 26.6. The summed E-state index contributed by atoms with van der Waals surface area (Å²) in [5, 5.41) is 0.0331. The third-order valence-electron chi connectivity index (χ3n) is 1.92. The molecule has 0 spiro atoms. The van der Waals surface area contributed by atoms with Gasteiger partial charge in [0.05, 0.1) is 11.5 Å². The molecule has 8 heteroatoms. The van der Waals surface area contributed by atoms with E-state index >= 15 is 0 Å². The largest absolute Gasteiger partial charge is 0.325 e. The van der Waals surface area contributed by atoms with E-state index in [0.717, 1.165) is 0 Å². The zero-order valence-electron chi connectivity index (χ0n) is 8.00. The Balaban J connectivity index is 2.59. The van der Waals surface area contributed by atoms with Crippen molar-refractivity contribution >= 4 is 38.7 Å². The van der Waals surface area contributed by atoms with E-state index in [1.54, 1.807) is 0 Å². The van der Waals surface area contributed by atoms with Crippen LogP contribution < -0.4 is 0 Å². The summed E-state index contributed by atoms with van der Waals surface area (Å²) >= 11 is 6.51. The third-order valence-corrected chi connectivity index (χ3v) is 9.98. The lowest BCUT2D eigenvalue weighted by Gasteiger charge is -2.19. The fourth-order valence-corrected chi connectivity index (χ4v) is 8.23. The first-order valence-electron chi connectivity index (χ1n) is 4.01. The number of hydrogen-bond donors (Lipinski definition) is 0. The van der Waals surface area contributed by atoms with Gasteiger partial charge in [-0.1, -0.05) is 11.4 Å². The first kappa shape index (κ1) is 12.9. The maximum Gasteiger partial charge on any atom is 0.247 e. The molecule has 0 aliphatic carbocycles. The van der Waals surface area contributed by atoms with Crippen LogP contribution in [0.15, 0.2) is 0 Å². The molecular weight excluding hydrogens is 263 g/mol. The van der Waals surface area contributed by atoms with Gasteiger partial charge in [0.2, 0.25) is 5.69 Å². The summed E-state index contributed by atoms with van der Waals surface area (Å²) in [5.74, 6) is 0.455. The average Bonchev–Trinajstić information content (AvgIpc) is 2.45. The lowest BCUT2D eigenvalue weighted by atomic mass is 10.4. The molecule has 0 bridgehead atoms. The standard InChI is InChI=1S/C6H13O4PS3/c1-9-11(12,10-2)13-6-3-4-14(7,8)5-6/h6H,3-5H2,1-2H3. The lowest BCUT2D eigenvalue weighted by molar-refractivity contribution is 0.354. The lowest BCUT2D eigenvalue weighted by Crippen LogP contribution is -2.06. The van der Waals surface area contributed by atoms with Gasteiger partial charge in [0.1, 0.15) is 0 Å². The molecule has 1 unspecified atom stereocenters. The summed E-state index contributed by atoms with van der Waals surface area (Å²) in [5.41, 5.74) is -2.30. The minimum atomic E-state index is -2.84. The van der Waals surface area contributed by atoms with Crippen LogP contribution in [-0.4, -0.2) is 39.4 Å². The summed E-state index contributed by atoms with van der Waals surface area (Å²) < 4.78 is 32.6. The van der Waals surface area contributed by atoms with Crippen LogP contribution in [-0.2, 0) is 30.7 Å². The molecule has 1 saturated heterocycles. The summed E-state index contributed by atoms with van der Waals surface area (Å²) in [4.78, 5) is 0. The molecule has 0 N–H and O–H groups in total. The second kappa shape index (κ2) is 4.80. The van der Waals surface area contributed by atoms with Crippen LogP contribution in [0.4, 0.5) is 0 Å². The third kappa shape index (κ3) is 3.47. The summed E-state index contributed by atoms with van der Waals surface area (Å²) in [6.07, 6.45) is 0.651. The zero-order chi connectivity index (χ0) is 10.8. The van der Waals surface area contributed by atoms with Crippen molar-refractivity contribution in [3.63, 3.8) is 0 Å². The van der Waals surface area contributed by atoms with E-state index in [9.17, 15) is 8.42 Å². The van der Waals surface area contributed by atoms with Gasteiger partial charge in [-0.25, -0.2) is 8.42 Å². The molecule has 1 aliphatic heterocycles. The van der Waals surface area contributed by atoms with Gasteiger partial charge in [-0.15, -0.1) is 0 Å². The van der Waals surface area contributed by atoms with Gasteiger partial charge in [-0.3, -0.25) is 0 Å². The van der Waals surface area contributed by atoms with Gasteiger partial charge in [0.25, 0.3) is 0 Å². The van der Waals surface area contributed by atoms with Crippen LogP contribution >= 0.6 is 17.1 Å². The number of hydrogen-bond acceptors (Lipinski definition) is 6. The van der Waals surface area contributed by atoms with Crippen molar-refractivity contribution in [3.8, 4) is 0 Å². The highest BCUT2D eigenvalue weighted by Crippen LogP contribution is 2.62. The van der Waals surface area contributed by atoms with Crippen LogP contribution in [0.25, 0.3) is 0 Å². The molecule has 14 heavy (non-hydrogen) atoms. The fourth-order valence-electron chi connectivity index (χ4n) is 1.19. The number of rotatable bonds is 4. The Labute approximate surface area is 93.6 Å². The monoisotopic (exact) mass is 276 g/mol. The Morgan fingerprint density at radius 3 is 2.36 bits per heavy atom. The molecule has 0 aromatic heterocycles. The highest BCUT2D eigenvalue weighted by atomic mass is 32.9. The van der Waals surface area contributed by atoms with E-state index in [-0.39, 0.29) is 16.8 Å². The molecule has 1 heterocycles. The van der Waals surface area contributed by atoms with Crippen molar-refractivity contribution in [1.82, 2.24) is 0 Å². The SMILES string of the molecule is COP(=S)(OC)SC1CCS(=O)(=O)C1. The highest BCUT2D eigenvalue weighted by Gasteiger charge is 2.33. The molecule has 0 amide bonds. The van der Waals surface area contributed by atoms with Crippen LogP contribution in [0.1, 0.15) is 6.42 Å². The second-order valence-corrected chi connectivity index (χ2v) is 11.9. The Kier molecular flexibility index (Phi) is 4.44. The first-order valence-corrected chi connectivity index (χ1v) is 9.95. The average molecular weight is 276 g/mol. The molecule has 84 valence electrons. The van der Waals surface area contributed by atoms with Crippen LogP contribution in [0.5, 0.6) is 0 Å². The van der Waals surface area contributed by atoms with Crippen molar-refractivity contribution in [2.45, 2.75) is 11.7 Å².